The predicted molar refractivity (Wildman–Crippen MR) is 91.4 cm³/mol. The average molecular weight is 327 g/mol. The van der Waals surface area contributed by atoms with Gasteiger partial charge in [-0.1, -0.05) is 24.3 Å². The van der Waals surface area contributed by atoms with Gasteiger partial charge in [-0.15, -0.1) is 11.3 Å². The van der Waals surface area contributed by atoms with Gasteiger partial charge in [-0.3, -0.25) is 4.79 Å². The van der Waals surface area contributed by atoms with E-state index in [1.807, 2.05) is 41.8 Å². The molecule has 0 fully saturated rings. The zero-order chi connectivity index (χ0) is 16.2. The van der Waals surface area contributed by atoms with Crippen LogP contribution in [0.1, 0.15) is 17.4 Å². The number of thiophene rings is 1. The fraction of sp³-hybridized carbons (Fsp3) is 0.222. The van der Waals surface area contributed by atoms with Crippen LogP contribution in [0.5, 0.6) is 0 Å². The van der Waals surface area contributed by atoms with E-state index in [9.17, 15) is 9.59 Å². The van der Waals surface area contributed by atoms with Crippen LogP contribution in [0.25, 0.3) is 6.08 Å². The lowest BCUT2D eigenvalue weighted by molar-refractivity contribution is -0.149. The lowest BCUT2D eigenvalue weighted by Crippen LogP contribution is -2.38. The topological polar surface area (TPSA) is 46.6 Å². The molecule has 0 radical (unpaired) electrons. The van der Waals surface area contributed by atoms with Gasteiger partial charge in [-0.25, -0.2) is 4.79 Å². The summed E-state index contributed by atoms with van der Waals surface area (Å²) < 4.78 is 5.23. The Balaban J connectivity index is 1.61. The molecule has 0 N–H and O–H groups in total. The third kappa shape index (κ3) is 3.51. The van der Waals surface area contributed by atoms with Crippen molar-refractivity contribution in [2.45, 2.75) is 19.4 Å². The summed E-state index contributed by atoms with van der Waals surface area (Å²) in [7, 11) is 0. The molecule has 1 aliphatic heterocycles. The van der Waals surface area contributed by atoms with Crippen LogP contribution < -0.4 is 4.90 Å². The van der Waals surface area contributed by atoms with Crippen molar-refractivity contribution in [3.05, 3.63) is 58.3 Å². The number of rotatable bonds is 4. The van der Waals surface area contributed by atoms with E-state index in [1.54, 1.807) is 17.9 Å². The summed E-state index contributed by atoms with van der Waals surface area (Å²) in [5, 5.41) is 1.93. The van der Waals surface area contributed by atoms with Crippen molar-refractivity contribution in [3.63, 3.8) is 0 Å². The van der Waals surface area contributed by atoms with E-state index in [0.717, 1.165) is 22.5 Å². The second-order valence-corrected chi connectivity index (χ2v) is 6.28. The molecule has 1 aromatic carbocycles. The largest absolute Gasteiger partial charge is 0.449 e. The third-order valence-corrected chi connectivity index (χ3v) is 4.56. The van der Waals surface area contributed by atoms with Gasteiger partial charge in [0.1, 0.15) is 0 Å². The zero-order valence-corrected chi connectivity index (χ0v) is 13.6. The van der Waals surface area contributed by atoms with Crippen molar-refractivity contribution < 1.29 is 14.3 Å². The summed E-state index contributed by atoms with van der Waals surface area (Å²) in [6.07, 6.45) is 3.07. The van der Waals surface area contributed by atoms with E-state index in [-0.39, 0.29) is 5.91 Å². The number of amides is 1. The lowest BCUT2D eigenvalue weighted by Gasteiger charge is -2.21. The number of benzene rings is 1. The van der Waals surface area contributed by atoms with Crippen LogP contribution in [0, 0.1) is 0 Å². The number of para-hydroxylation sites is 1. The highest BCUT2D eigenvalue weighted by Crippen LogP contribution is 2.28. The maximum atomic E-state index is 12.5. The van der Waals surface area contributed by atoms with Crippen molar-refractivity contribution in [1.29, 1.82) is 0 Å². The molecular formula is C18H17NO3S. The molecule has 2 heterocycles. The second kappa shape index (κ2) is 6.79. The molecule has 0 saturated heterocycles. The fourth-order valence-corrected chi connectivity index (χ4v) is 3.20. The van der Waals surface area contributed by atoms with Gasteiger partial charge in [0.2, 0.25) is 0 Å². The van der Waals surface area contributed by atoms with Gasteiger partial charge in [0.25, 0.3) is 5.91 Å². The molecule has 1 amide bonds. The minimum absolute atomic E-state index is 0.187. The first-order valence-electron chi connectivity index (χ1n) is 7.46. The predicted octanol–water partition coefficient (Wildman–Crippen LogP) is 3.28. The summed E-state index contributed by atoms with van der Waals surface area (Å²) in [6, 6.07) is 11.6. The Morgan fingerprint density at radius 1 is 1.26 bits per heavy atom. The van der Waals surface area contributed by atoms with E-state index < -0.39 is 12.1 Å². The highest BCUT2D eigenvalue weighted by molar-refractivity contribution is 7.10. The SMILES string of the molecule is C[C@H](OC(=O)/C=C/c1cccs1)C(=O)N1CCc2ccccc21. The lowest BCUT2D eigenvalue weighted by atomic mass is 10.2. The van der Waals surface area contributed by atoms with E-state index in [0.29, 0.717) is 6.54 Å². The molecule has 3 rings (SSSR count). The maximum absolute atomic E-state index is 12.5. The first kappa shape index (κ1) is 15.5. The Morgan fingerprint density at radius 2 is 2.09 bits per heavy atom. The van der Waals surface area contributed by atoms with Crippen LogP contribution in [0.4, 0.5) is 5.69 Å². The molecule has 2 aromatic rings. The van der Waals surface area contributed by atoms with E-state index >= 15 is 0 Å². The molecule has 0 spiro atoms. The molecule has 118 valence electrons. The summed E-state index contributed by atoms with van der Waals surface area (Å²) in [5.74, 6) is -0.695. The number of carbonyl (C=O) groups excluding carboxylic acids is 2. The Kier molecular flexibility index (Phi) is 4.57. The number of esters is 1. The molecule has 5 heteroatoms. The number of ether oxygens (including phenoxy) is 1. The smallest absolute Gasteiger partial charge is 0.331 e. The molecule has 1 atom stereocenters. The Morgan fingerprint density at radius 3 is 2.87 bits per heavy atom. The van der Waals surface area contributed by atoms with Crippen molar-refractivity contribution in [3.8, 4) is 0 Å². The Labute approximate surface area is 139 Å². The van der Waals surface area contributed by atoms with Crippen LogP contribution in [0.15, 0.2) is 47.9 Å². The van der Waals surface area contributed by atoms with Crippen LogP contribution >= 0.6 is 11.3 Å². The molecular weight excluding hydrogens is 310 g/mol. The van der Waals surface area contributed by atoms with Crippen LogP contribution in [0.3, 0.4) is 0 Å². The van der Waals surface area contributed by atoms with Crippen molar-refractivity contribution in [2.24, 2.45) is 0 Å². The van der Waals surface area contributed by atoms with E-state index in [2.05, 4.69) is 0 Å². The fourth-order valence-electron chi connectivity index (χ4n) is 2.59. The number of fused-ring (bicyclic) bond motifs is 1. The van der Waals surface area contributed by atoms with E-state index in [4.69, 9.17) is 4.74 Å². The molecule has 4 nitrogen and oxygen atoms in total. The van der Waals surface area contributed by atoms with Gasteiger partial charge in [-0.05, 0) is 42.5 Å². The Hall–Kier alpha value is -2.40. The number of hydrogen-bond acceptors (Lipinski definition) is 4. The minimum atomic E-state index is -0.804. The van der Waals surface area contributed by atoms with Gasteiger partial charge < -0.3 is 9.64 Å². The zero-order valence-electron chi connectivity index (χ0n) is 12.8. The normalized spacial score (nSPS) is 14.7. The first-order valence-corrected chi connectivity index (χ1v) is 8.34. The molecule has 0 unspecified atom stereocenters. The van der Waals surface area contributed by atoms with Crippen LogP contribution in [0.2, 0.25) is 0 Å². The highest BCUT2D eigenvalue weighted by Gasteiger charge is 2.29. The molecule has 23 heavy (non-hydrogen) atoms. The standard InChI is InChI=1S/C18H17NO3S/c1-13(22-17(20)9-8-15-6-4-12-23-15)18(21)19-11-10-14-5-2-3-7-16(14)19/h2-9,12-13H,10-11H2,1H3/b9-8+/t13-/m0/s1. The van der Waals surface area contributed by atoms with E-state index in [1.165, 1.54) is 17.4 Å². The minimum Gasteiger partial charge on any atom is -0.449 e. The van der Waals surface area contributed by atoms with Gasteiger partial charge in [0, 0.05) is 23.2 Å². The molecule has 1 aliphatic rings. The monoisotopic (exact) mass is 327 g/mol. The first-order chi connectivity index (χ1) is 11.1. The number of carbonyl (C=O) groups is 2. The summed E-state index contributed by atoms with van der Waals surface area (Å²) in [6.45, 7) is 2.24. The molecule has 0 saturated carbocycles. The van der Waals surface area contributed by atoms with Gasteiger partial charge in [0.15, 0.2) is 6.10 Å². The molecule has 1 aromatic heterocycles. The third-order valence-electron chi connectivity index (χ3n) is 3.72. The highest BCUT2D eigenvalue weighted by atomic mass is 32.1. The van der Waals surface area contributed by atoms with Crippen LogP contribution in [-0.4, -0.2) is 24.5 Å². The molecule has 0 aliphatic carbocycles. The van der Waals surface area contributed by atoms with Crippen molar-refractivity contribution >= 4 is 35.0 Å². The van der Waals surface area contributed by atoms with Gasteiger partial charge >= 0.3 is 5.97 Å². The van der Waals surface area contributed by atoms with Crippen molar-refractivity contribution in [1.82, 2.24) is 0 Å². The maximum Gasteiger partial charge on any atom is 0.331 e. The quantitative estimate of drug-likeness (QED) is 0.639. The summed E-state index contributed by atoms with van der Waals surface area (Å²) in [4.78, 5) is 27.0. The number of hydrogen-bond donors (Lipinski definition) is 0. The van der Waals surface area contributed by atoms with Crippen LogP contribution in [-0.2, 0) is 20.7 Å². The van der Waals surface area contributed by atoms with Gasteiger partial charge in [-0.2, -0.15) is 0 Å². The second-order valence-electron chi connectivity index (χ2n) is 5.30. The average Bonchev–Trinajstić information content (AvgIpc) is 3.21. The van der Waals surface area contributed by atoms with Gasteiger partial charge in [0.05, 0.1) is 0 Å². The Bertz CT molecular complexity index is 736. The summed E-state index contributed by atoms with van der Waals surface area (Å²) >= 11 is 1.53. The molecule has 0 bridgehead atoms. The number of nitrogens with zero attached hydrogens (tertiary/aromatic N) is 1. The summed E-state index contributed by atoms with van der Waals surface area (Å²) in [5.41, 5.74) is 2.06. The van der Waals surface area contributed by atoms with Crippen molar-refractivity contribution in [2.75, 3.05) is 11.4 Å². The number of anilines is 1.